The predicted molar refractivity (Wildman–Crippen MR) is 105 cm³/mol. The van der Waals surface area contributed by atoms with Gasteiger partial charge in [-0.05, 0) is 27.1 Å². The second-order valence-electron chi connectivity index (χ2n) is 5.98. The Morgan fingerprint density at radius 1 is 0.560 bits per heavy atom. The fourth-order valence-electron chi connectivity index (χ4n) is 2.96. The lowest BCUT2D eigenvalue weighted by molar-refractivity contribution is 0.266. The minimum atomic E-state index is -0.0489. The number of rotatable bonds is 5. The standard InChI is InChI=1S/C23H18OSi/c1-3-10-19(11-4-1)23(20-12-5-2-6-13-20)24-25-22-16-15-18-9-7-8-14-21(18)17-22/h1-17,23H. The van der Waals surface area contributed by atoms with E-state index in [2.05, 4.69) is 91.0 Å². The van der Waals surface area contributed by atoms with Crippen molar-refractivity contribution in [3.8, 4) is 0 Å². The highest BCUT2D eigenvalue weighted by Crippen LogP contribution is 2.25. The van der Waals surface area contributed by atoms with Gasteiger partial charge in [-0.1, -0.05) is 103 Å². The van der Waals surface area contributed by atoms with Crippen molar-refractivity contribution in [1.82, 2.24) is 0 Å². The zero-order valence-corrected chi connectivity index (χ0v) is 14.8. The topological polar surface area (TPSA) is 9.23 Å². The van der Waals surface area contributed by atoms with E-state index in [0.29, 0.717) is 9.76 Å². The SMILES string of the molecule is c1ccc(C(O[Si]c2ccc3ccccc3c2)c2ccccc2)cc1. The maximum atomic E-state index is 6.38. The van der Waals surface area contributed by atoms with Gasteiger partial charge in [0, 0.05) is 0 Å². The van der Waals surface area contributed by atoms with Gasteiger partial charge in [-0.3, -0.25) is 0 Å². The highest BCUT2D eigenvalue weighted by atomic mass is 28.2. The van der Waals surface area contributed by atoms with E-state index in [1.54, 1.807) is 0 Å². The summed E-state index contributed by atoms with van der Waals surface area (Å²) in [4.78, 5) is 0. The molecule has 0 fully saturated rings. The van der Waals surface area contributed by atoms with E-state index in [-0.39, 0.29) is 6.10 Å². The summed E-state index contributed by atoms with van der Waals surface area (Å²) in [7, 11) is 0.299. The van der Waals surface area contributed by atoms with E-state index in [4.69, 9.17) is 4.43 Å². The molecule has 0 aromatic heterocycles. The lowest BCUT2D eigenvalue weighted by Gasteiger charge is -2.19. The molecular weight excluding hydrogens is 320 g/mol. The monoisotopic (exact) mass is 338 g/mol. The molecule has 2 heteroatoms. The van der Waals surface area contributed by atoms with Gasteiger partial charge in [0.1, 0.15) is 0 Å². The molecule has 0 aliphatic heterocycles. The fraction of sp³-hybridized carbons (Fsp3) is 0.0435. The van der Waals surface area contributed by atoms with Gasteiger partial charge in [0.05, 0.1) is 6.10 Å². The highest BCUT2D eigenvalue weighted by Gasteiger charge is 2.15. The Morgan fingerprint density at radius 3 is 1.76 bits per heavy atom. The van der Waals surface area contributed by atoms with Crippen LogP contribution in [0.2, 0.25) is 0 Å². The van der Waals surface area contributed by atoms with E-state index in [0.717, 1.165) is 0 Å². The largest absolute Gasteiger partial charge is 0.400 e. The summed E-state index contributed by atoms with van der Waals surface area (Å²) in [6.07, 6.45) is -0.0489. The number of benzene rings is 4. The van der Waals surface area contributed by atoms with Gasteiger partial charge >= 0.3 is 0 Å². The first-order valence-corrected chi connectivity index (χ1v) is 9.31. The highest BCUT2D eigenvalue weighted by molar-refractivity contribution is 6.47. The van der Waals surface area contributed by atoms with Crippen LogP contribution in [-0.2, 0) is 4.43 Å². The molecule has 0 aliphatic carbocycles. The maximum absolute atomic E-state index is 6.38. The molecule has 25 heavy (non-hydrogen) atoms. The molecule has 0 unspecified atom stereocenters. The summed E-state index contributed by atoms with van der Waals surface area (Å²) in [5, 5.41) is 3.74. The van der Waals surface area contributed by atoms with Crippen molar-refractivity contribution < 1.29 is 4.43 Å². The van der Waals surface area contributed by atoms with Crippen molar-refractivity contribution in [2.45, 2.75) is 6.10 Å². The zero-order chi connectivity index (χ0) is 16.9. The van der Waals surface area contributed by atoms with Gasteiger partial charge in [0.15, 0.2) is 0 Å². The van der Waals surface area contributed by atoms with Crippen LogP contribution in [-0.4, -0.2) is 9.76 Å². The molecule has 4 aromatic carbocycles. The Kier molecular flexibility index (Phi) is 4.73. The molecule has 0 aliphatic rings. The second kappa shape index (κ2) is 7.47. The van der Waals surface area contributed by atoms with Gasteiger partial charge in [-0.25, -0.2) is 0 Å². The summed E-state index contributed by atoms with van der Waals surface area (Å²) >= 11 is 0. The Hall–Kier alpha value is -2.68. The third-order valence-corrected chi connectivity index (χ3v) is 5.15. The first kappa shape index (κ1) is 15.8. The van der Waals surface area contributed by atoms with Crippen LogP contribution in [0.4, 0.5) is 0 Å². The van der Waals surface area contributed by atoms with Gasteiger partial charge in [0.25, 0.3) is 9.76 Å². The van der Waals surface area contributed by atoms with Crippen LogP contribution in [0.15, 0.2) is 103 Å². The normalized spacial score (nSPS) is 11.1. The molecule has 4 aromatic rings. The number of hydrogen-bond donors (Lipinski definition) is 0. The van der Waals surface area contributed by atoms with Gasteiger partial charge in [-0.15, -0.1) is 0 Å². The Labute approximate surface area is 150 Å². The van der Waals surface area contributed by atoms with Crippen LogP contribution < -0.4 is 5.19 Å². The molecule has 0 saturated heterocycles. The minimum Gasteiger partial charge on any atom is -0.400 e. The average molecular weight is 338 g/mol. The summed E-state index contributed by atoms with van der Waals surface area (Å²) in [6.45, 7) is 0. The van der Waals surface area contributed by atoms with Crippen molar-refractivity contribution in [2.75, 3.05) is 0 Å². The smallest absolute Gasteiger partial charge is 0.270 e. The Balaban J connectivity index is 1.60. The summed E-state index contributed by atoms with van der Waals surface area (Å²) in [5.41, 5.74) is 2.36. The van der Waals surface area contributed by atoms with Crippen LogP contribution in [0.3, 0.4) is 0 Å². The average Bonchev–Trinajstić information content (AvgIpc) is 2.70. The molecule has 120 valence electrons. The number of hydrogen-bond acceptors (Lipinski definition) is 1. The van der Waals surface area contributed by atoms with Gasteiger partial charge in [0.2, 0.25) is 0 Å². The van der Waals surface area contributed by atoms with E-state index in [1.165, 1.54) is 27.1 Å². The first-order valence-electron chi connectivity index (χ1n) is 8.40. The molecule has 0 spiro atoms. The van der Waals surface area contributed by atoms with Crippen LogP contribution in [0.25, 0.3) is 10.8 Å². The van der Waals surface area contributed by atoms with Gasteiger partial charge < -0.3 is 4.43 Å². The molecule has 0 N–H and O–H groups in total. The minimum absolute atomic E-state index is 0.0489. The van der Waals surface area contributed by atoms with E-state index < -0.39 is 0 Å². The lowest BCUT2D eigenvalue weighted by Crippen LogP contribution is -2.20. The summed E-state index contributed by atoms with van der Waals surface area (Å²) in [5.74, 6) is 0. The van der Waals surface area contributed by atoms with Crippen LogP contribution in [0.1, 0.15) is 17.2 Å². The predicted octanol–water partition coefficient (Wildman–Crippen LogP) is 4.89. The quantitative estimate of drug-likeness (QED) is 0.471. The Morgan fingerprint density at radius 2 is 1.12 bits per heavy atom. The van der Waals surface area contributed by atoms with Crippen molar-refractivity contribution >= 4 is 25.7 Å². The molecule has 4 rings (SSSR count). The van der Waals surface area contributed by atoms with E-state index in [9.17, 15) is 0 Å². The fourth-order valence-corrected chi connectivity index (χ4v) is 3.86. The van der Waals surface area contributed by atoms with Crippen molar-refractivity contribution in [2.24, 2.45) is 0 Å². The van der Waals surface area contributed by atoms with E-state index in [1.807, 2.05) is 12.1 Å². The molecule has 0 amide bonds. The third kappa shape index (κ3) is 3.71. The van der Waals surface area contributed by atoms with E-state index >= 15 is 0 Å². The first-order chi connectivity index (χ1) is 12.4. The van der Waals surface area contributed by atoms with Crippen LogP contribution in [0.5, 0.6) is 0 Å². The molecular formula is C23H18OSi. The van der Waals surface area contributed by atoms with Crippen LogP contribution in [0, 0.1) is 0 Å². The second-order valence-corrected chi connectivity index (χ2v) is 7.00. The van der Waals surface area contributed by atoms with Gasteiger partial charge in [-0.2, -0.15) is 0 Å². The molecule has 1 nitrogen and oxygen atoms in total. The lowest BCUT2D eigenvalue weighted by atomic mass is 10.0. The number of fused-ring (bicyclic) bond motifs is 1. The van der Waals surface area contributed by atoms with Crippen LogP contribution >= 0.6 is 0 Å². The Bertz CT molecular complexity index is 912. The molecule has 0 bridgehead atoms. The zero-order valence-electron chi connectivity index (χ0n) is 13.8. The van der Waals surface area contributed by atoms with Crippen molar-refractivity contribution in [3.63, 3.8) is 0 Å². The third-order valence-electron chi connectivity index (χ3n) is 4.25. The maximum Gasteiger partial charge on any atom is 0.270 e. The summed E-state index contributed by atoms with van der Waals surface area (Å²) in [6, 6.07) is 35.8. The molecule has 2 radical (unpaired) electrons. The summed E-state index contributed by atoms with van der Waals surface area (Å²) < 4.78 is 6.38. The van der Waals surface area contributed by atoms with Crippen molar-refractivity contribution in [1.29, 1.82) is 0 Å². The molecule has 0 atom stereocenters. The molecule has 0 saturated carbocycles. The van der Waals surface area contributed by atoms with Crippen molar-refractivity contribution in [3.05, 3.63) is 114 Å². The molecule has 0 heterocycles.